The molecule has 1 amide bonds. The number of nitrogens with zero attached hydrogens (tertiary/aromatic N) is 1. The van der Waals surface area contributed by atoms with Crippen molar-refractivity contribution in [3.05, 3.63) is 85.9 Å². The average molecular weight is 563 g/mol. The summed E-state index contributed by atoms with van der Waals surface area (Å²) in [6, 6.07) is 12.2. The third-order valence-electron chi connectivity index (χ3n) is 6.11. The number of ketones is 1. The van der Waals surface area contributed by atoms with E-state index in [0.717, 1.165) is 5.56 Å². The van der Waals surface area contributed by atoms with Crippen molar-refractivity contribution in [1.29, 1.82) is 0 Å². The van der Waals surface area contributed by atoms with E-state index in [1.54, 1.807) is 42.5 Å². The maximum atomic E-state index is 13.5. The first-order chi connectivity index (χ1) is 17.7. The van der Waals surface area contributed by atoms with Crippen LogP contribution in [0.3, 0.4) is 0 Å². The molecular formula is C27H22Cl3NO6. The summed E-state index contributed by atoms with van der Waals surface area (Å²) in [5, 5.41) is 12.0. The van der Waals surface area contributed by atoms with Crippen molar-refractivity contribution in [3.63, 3.8) is 0 Å². The van der Waals surface area contributed by atoms with E-state index in [1.165, 1.54) is 32.3 Å². The Bertz CT molecular complexity index is 1450. The van der Waals surface area contributed by atoms with Crippen molar-refractivity contribution in [2.45, 2.75) is 13.0 Å². The summed E-state index contributed by atoms with van der Waals surface area (Å²) in [6.45, 7) is 1.82. The zero-order valence-electron chi connectivity index (χ0n) is 20.3. The number of aliphatic hydroxyl groups is 1. The summed E-state index contributed by atoms with van der Waals surface area (Å²) >= 11 is 19.1. The highest BCUT2D eigenvalue weighted by Gasteiger charge is 2.48. The Kier molecular flexibility index (Phi) is 7.59. The lowest BCUT2D eigenvalue weighted by atomic mass is 9.94. The fourth-order valence-electron chi connectivity index (χ4n) is 4.31. The maximum Gasteiger partial charge on any atom is 0.300 e. The van der Waals surface area contributed by atoms with Crippen LogP contribution >= 0.6 is 34.8 Å². The molecule has 3 aromatic carbocycles. The lowest BCUT2D eigenvalue weighted by Crippen LogP contribution is -2.29. The molecule has 192 valence electrons. The predicted octanol–water partition coefficient (Wildman–Crippen LogP) is 6.61. The van der Waals surface area contributed by atoms with Crippen LogP contribution in [0, 0.1) is 6.92 Å². The van der Waals surface area contributed by atoms with E-state index in [0.29, 0.717) is 22.0 Å². The van der Waals surface area contributed by atoms with Crippen molar-refractivity contribution < 1.29 is 28.9 Å². The Morgan fingerprint density at radius 2 is 1.57 bits per heavy atom. The van der Waals surface area contributed by atoms with Crippen LogP contribution in [-0.4, -0.2) is 38.1 Å². The zero-order chi connectivity index (χ0) is 27.0. The van der Waals surface area contributed by atoms with Gasteiger partial charge in [0.05, 0.1) is 43.5 Å². The van der Waals surface area contributed by atoms with Crippen LogP contribution in [0.1, 0.15) is 22.7 Å². The van der Waals surface area contributed by atoms with Crippen molar-refractivity contribution in [2.75, 3.05) is 26.2 Å². The topological polar surface area (TPSA) is 85.3 Å². The second-order valence-corrected chi connectivity index (χ2v) is 9.32. The Hall–Kier alpha value is -3.39. The van der Waals surface area contributed by atoms with E-state index in [-0.39, 0.29) is 32.7 Å². The molecule has 1 aliphatic heterocycles. The Morgan fingerprint density at radius 1 is 0.892 bits per heavy atom. The third kappa shape index (κ3) is 4.48. The van der Waals surface area contributed by atoms with Gasteiger partial charge in [-0.2, -0.15) is 0 Å². The van der Waals surface area contributed by atoms with E-state index >= 15 is 0 Å². The van der Waals surface area contributed by atoms with Crippen LogP contribution in [-0.2, 0) is 9.59 Å². The number of amides is 1. The summed E-state index contributed by atoms with van der Waals surface area (Å²) in [4.78, 5) is 28.3. The van der Waals surface area contributed by atoms with Gasteiger partial charge < -0.3 is 19.3 Å². The van der Waals surface area contributed by atoms with E-state index in [2.05, 4.69) is 0 Å². The Morgan fingerprint density at radius 3 is 2.19 bits per heavy atom. The molecule has 0 saturated carbocycles. The largest absolute Gasteiger partial charge is 0.507 e. The molecule has 7 nitrogen and oxygen atoms in total. The molecule has 0 spiro atoms. The number of Topliss-reactive ketones (excluding diaryl/α,β-unsaturated/α-hetero) is 1. The first-order valence-corrected chi connectivity index (χ1v) is 12.1. The van der Waals surface area contributed by atoms with E-state index < -0.39 is 23.5 Å². The average Bonchev–Trinajstić information content (AvgIpc) is 3.15. The summed E-state index contributed by atoms with van der Waals surface area (Å²) in [6.07, 6.45) is 0. The first-order valence-electron chi connectivity index (χ1n) is 11.0. The lowest BCUT2D eigenvalue weighted by Gasteiger charge is -2.27. The minimum absolute atomic E-state index is 0.00700. The van der Waals surface area contributed by atoms with Gasteiger partial charge in [0, 0.05) is 16.3 Å². The molecule has 0 bridgehead atoms. The van der Waals surface area contributed by atoms with Gasteiger partial charge in [0.1, 0.15) is 16.5 Å². The van der Waals surface area contributed by atoms with Crippen molar-refractivity contribution in [2.24, 2.45) is 0 Å². The fraction of sp³-hybridized carbons (Fsp3) is 0.185. The molecular weight excluding hydrogens is 541 g/mol. The molecule has 1 saturated heterocycles. The van der Waals surface area contributed by atoms with Gasteiger partial charge in [-0.15, -0.1) is 0 Å². The van der Waals surface area contributed by atoms with Gasteiger partial charge in [-0.25, -0.2) is 0 Å². The van der Waals surface area contributed by atoms with Gasteiger partial charge in [0.25, 0.3) is 11.7 Å². The number of hydrogen-bond acceptors (Lipinski definition) is 6. The van der Waals surface area contributed by atoms with E-state index in [4.69, 9.17) is 49.0 Å². The van der Waals surface area contributed by atoms with Crippen molar-refractivity contribution in [1.82, 2.24) is 0 Å². The summed E-state index contributed by atoms with van der Waals surface area (Å²) in [5.74, 6) is -1.76. The minimum Gasteiger partial charge on any atom is -0.507 e. The minimum atomic E-state index is -1.07. The van der Waals surface area contributed by atoms with Crippen LogP contribution < -0.4 is 19.1 Å². The number of carbonyl (C=O) groups excluding carboxylic acids is 2. The second kappa shape index (κ2) is 10.5. The number of aliphatic hydroxyl groups excluding tert-OH is 1. The molecule has 3 aromatic rings. The van der Waals surface area contributed by atoms with Crippen LogP contribution in [0.5, 0.6) is 17.2 Å². The Balaban J connectivity index is 2.06. The highest BCUT2D eigenvalue weighted by Crippen LogP contribution is 2.49. The number of hydrogen-bond donors (Lipinski definition) is 1. The molecule has 37 heavy (non-hydrogen) atoms. The number of para-hydroxylation sites is 1. The SMILES string of the molecule is COc1ccccc1C1/C(=C(\O)c2cc(Cl)c(OC)c(Cl)c2OC)C(=O)C(=O)N1c1ccc(C)c(Cl)c1. The van der Waals surface area contributed by atoms with Gasteiger partial charge in [0.15, 0.2) is 11.5 Å². The molecule has 1 N–H and O–H groups in total. The van der Waals surface area contributed by atoms with E-state index in [1.807, 2.05) is 6.92 Å². The van der Waals surface area contributed by atoms with Crippen molar-refractivity contribution in [3.8, 4) is 17.2 Å². The lowest BCUT2D eigenvalue weighted by molar-refractivity contribution is -0.132. The summed E-state index contributed by atoms with van der Waals surface area (Å²) in [7, 11) is 4.20. The number of carbonyl (C=O) groups is 2. The van der Waals surface area contributed by atoms with Crippen molar-refractivity contribution >= 4 is 57.9 Å². The number of halogens is 3. The highest BCUT2D eigenvalue weighted by molar-refractivity contribution is 6.52. The van der Waals surface area contributed by atoms with Crippen LogP contribution in [0.4, 0.5) is 5.69 Å². The molecule has 0 aromatic heterocycles. The fourth-order valence-corrected chi connectivity index (χ4v) is 5.17. The molecule has 10 heteroatoms. The van der Waals surface area contributed by atoms with Crippen LogP contribution in [0.2, 0.25) is 15.1 Å². The number of methoxy groups -OCH3 is 3. The van der Waals surface area contributed by atoms with Gasteiger partial charge in [-0.05, 0) is 36.8 Å². The monoisotopic (exact) mass is 561 g/mol. The molecule has 1 unspecified atom stereocenters. The number of aryl methyl sites for hydroxylation is 1. The number of ether oxygens (including phenoxy) is 3. The standard InChI is InChI=1S/C27H22Cl3NO6/c1-13-9-10-14(11-17(13)28)31-22(15-7-5-6-8-19(15)35-2)20(24(33)27(31)34)23(32)16-12-18(29)26(37-4)21(30)25(16)36-3/h5-12,22,32H,1-4H3/b23-20+. The predicted molar refractivity (Wildman–Crippen MR) is 144 cm³/mol. The Labute approximate surface area is 228 Å². The van der Waals surface area contributed by atoms with Gasteiger partial charge in [-0.1, -0.05) is 59.1 Å². The molecule has 0 radical (unpaired) electrons. The van der Waals surface area contributed by atoms with E-state index in [9.17, 15) is 14.7 Å². The normalized spacial score (nSPS) is 16.7. The number of benzene rings is 3. The maximum absolute atomic E-state index is 13.5. The molecule has 4 rings (SSSR count). The third-order valence-corrected chi connectivity index (χ3v) is 7.14. The quantitative estimate of drug-likeness (QED) is 0.207. The zero-order valence-corrected chi connectivity index (χ0v) is 22.5. The molecule has 1 atom stereocenters. The van der Waals surface area contributed by atoms with Crippen LogP contribution in [0.25, 0.3) is 5.76 Å². The van der Waals surface area contributed by atoms with Gasteiger partial charge in [0.2, 0.25) is 0 Å². The second-order valence-electron chi connectivity index (χ2n) is 8.13. The summed E-state index contributed by atoms with van der Waals surface area (Å²) in [5.41, 5.74) is 1.43. The van der Waals surface area contributed by atoms with Gasteiger partial charge >= 0.3 is 0 Å². The smallest absolute Gasteiger partial charge is 0.300 e. The van der Waals surface area contributed by atoms with Gasteiger partial charge in [-0.3, -0.25) is 14.5 Å². The van der Waals surface area contributed by atoms with Crippen LogP contribution in [0.15, 0.2) is 54.1 Å². The summed E-state index contributed by atoms with van der Waals surface area (Å²) < 4.78 is 16.2. The number of rotatable bonds is 6. The molecule has 1 fully saturated rings. The molecule has 0 aliphatic carbocycles. The first kappa shape index (κ1) is 26.7. The highest BCUT2D eigenvalue weighted by atomic mass is 35.5. The molecule has 1 heterocycles. The molecule has 1 aliphatic rings. The number of anilines is 1.